The summed E-state index contributed by atoms with van der Waals surface area (Å²) < 4.78 is 34.9. The minimum absolute atomic E-state index is 0.120. The van der Waals surface area contributed by atoms with E-state index in [-0.39, 0.29) is 12.0 Å². The van der Waals surface area contributed by atoms with E-state index < -0.39 is 18.1 Å². The highest BCUT2D eigenvalue weighted by Gasteiger charge is 2.19. The van der Waals surface area contributed by atoms with E-state index in [2.05, 4.69) is 9.72 Å². The lowest BCUT2D eigenvalue weighted by atomic mass is 10.1. The number of carbonyl (C=O) groups excluding carboxylic acids is 1. The number of hydrogen-bond acceptors (Lipinski definition) is 4. The molecule has 0 N–H and O–H groups in total. The zero-order chi connectivity index (χ0) is 13.0. The van der Waals surface area contributed by atoms with Crippen LogP contribution in [-0.4, -0.2) is 25.2 Å². The normalized spacial score (nSPS) is 10.5. The molecular weight excluding hydrogens is 232 g/mol. The maximum Gasteiger partial charge on any atom is 0.310 e. The van der Waals surface area contributed by atoms with E-state index in [9.17, 15) is 13.6 Å². The number of carbonyl (C=O) groups is 1. The number of pyridine rings is 1. The van der Waals surface area contributed by atoms with E-state index in [0.29, 0.717) is 11.4 Å². The van der Waals surface area contributed by atoms with Gasteiger partial charge in [-0.05, 0) is 18.6 Å². The fraction of sp³-hybridized carbons (Fsp3) is 0.455. The lowest BCUT2D eigenvalue weighted by molar-refractivity contribution is -0.139. The molecule has 0 unspecified atom stereocenters. The fourth-order valence-electron chi connectivity index (χ4n) is 1.41. The molecule has 0 aliphatic rings. The van der Waals surface area contributed by atoms with Crippen molar-refractivity contribution in [2.45, 2.75) is 19.8 Å². The first kappa shape index (κ1) is 13.3. The Morgan fingerprint density at radius 2 is 2.12 bits per heavy atom. The largest absolute Gasteiger partial charge is 0.495 e. The smallest absolute Gasteiger partial charge is 0.310 e. The van der Waals surface area contributed by atoms with Crippen LogP contribution in [-0.2, 0) is 16.0 Å². The van der Waals surface area contributed by atoms with E-state index in [1.54, 1.807) is 6.92 Å². The molecule has 1 aromatic heterocycles. The van der Waals surface area contributed by atoms with Crippen molar-refractivity contribution in [3.8, 4) is 5.75 Å². The van der Waals surface area contributed by atoms with Crippen LogP contribution in [0.2, 0.25) is 0 Å². The summed E-state index contributed by atoms with van der Waals surface area (Å²) in [5.74, 6) is -0.229. The summed E-state index contributed by atoms with van der Waals surface area (Å²) in [6.07, 6.45) is -2.99. The number of rotatable bonds is 4. The number of aryl methyl sites for hydroxylation is 1. The Hall–Kier alpha value is -1.72. The van der Waals surface area contributed by atoms with Crippen LogP contribution in [0.3, 0.4) is 0 Å². The van der Waals surface area contributed by atoms with Gasteiger partial charge in [0.1, 0.15) is 11.4 Å². The summed E-state index contributed by atoms with van der Waals surface area (Å²) >= 11 is 0. The van der Waals surface area contributed by atoms with Crippen LogP contribution in [0.25, 0.3) is 0 Å². The van der Waals surface area contributed by atoms with Crippen LogP contribution in [0, 0.1) is 6.92 Å². The molecule has 94 valence electrons. The minimum atomic E-state index is -2.74. The predicted molar refractivity (Wildman–Crippen MR) is 56.2 cm³/mol. The Labute approximate surface area is 97.6 Å². The number of esters is 1. The first-order chi connectivity index (χ1) is 7.99. The Morgan fingerprint density at radius 3 is 2.59 bits per heavy atom. The van der Waals surface area contributed by atoms with Gasteiger partial charge in [-0.3, -0.25) is 4.79 Å². The Bertz CT molecular complexity index is 421. The highest BCUT2D eigenvalue weighted by atomic mass is 19.3. The molecule has 1 aromatic rings. The monoisotopic (exact) mass is 245 g/mol. The predicted octanol–water partition coefficient (Wildman–Crippen LogP) is 2.05. The molecule has 0 saturated heterocycles. The molecule has 0 amide bonds. The lowest BCUT2D eigenvalue weighted by Gasteiger charge is -2.11. The van der Waals surface area contributed by atoms with Crippen molar-refractivity contribution < 1.29 is 23.0 Å². The van der Waals surface area contributed by atoms with E-state index in [1.807, 2.05) is 0 Å². The third-order valence-corrected chi connectivity index (χ3v) is 2.27. The first-order valence-corrected chi connectivity index (χ1v) is 4.89. The van der Waals surface area contributed by atoms with Crippen molar-refractivity contribution >= 4 is 5.97 Å². The first-order valence-electron chi connectivity index (χ1n) is 4.89. The van der Waals surface area contributed by atoms with Crippen molar-refractivity contribution in [3.05, 3.63) is 23.0 Å². The Balaban J connectivity index is 3.19. The van der Waals surface area contributed by atoms with Gasteiger partial charge in [0.25, 0.3) is 6.43 Å². The van der Waals surface area contributed by atoms with Gasteiger partial charge in [-0.1, -0.05) is 0 Å². The van der Waals surface area contributed by atoms with E-state index in [0.717, 1.165) is 0 Å². The van der Waals surface area contributed by atoms with Crippen LogP contribution in [0.1, 0.15) is 23.4 Å². The SMILES string of the molecule is COC(=O)Cc1cc(OC)c(C)nc1C(F)F. The summed E-state index contributed by atoms with van der Waals surface area (Å²) in [5, 5.41) is 0. The maximum atomic E-state index is 12.7. The second-order valence-corrected chi connectivity index (χ2v) is 3.37. The van der Waals surface area contributed by atoms with Crippen LogP contribution in [0.5, 0.6) is 5.75 Å². The number of halogens is 2. The van der Waals surface area contributed by atoms with Crippen molar-refractivity contribution in [1.29, 1.82) is 0 Å². The topological polar surface area (TPSA) is 48.4 Å². The van der Waals surface area contributed by atoms with Crippen molar-refractivity contribution in [2.75, 3.05) is 14.2 Å². The summed E-state index contributed by atoms with van der Waals surface area (Å²) in [6.45, 7) is 1.56. The van der Waals surface area contributed by atoms with Gasteiger partial charge in [0.05, 0.1) is 26.3 Å². The van der Waals surface area contributed by atoms with Gasteiger partial charge in [0.2, 0.25) is 0 Å². The van der Waals surface area contributed by atoms with Crippen molar-refractivity contribution in [1.82, 2.24) is 4.98 Å². The fourth-order valence-corrected chi connectivity index (χ4v) is 1.41. The van der Waals surface area contributed by atoms with Crippen LogP contribution >= 0.6 is 0 Å². The average Bonchev–Trinajstić information content (AvgIpc) is 2.30. The van der Waals surface area contributed by atoms with E-state index in [1.165, 1.54) is 20.3 Å². The van der Waals surface area contributed by atoms with Gasteiger partial charge in [0.15, 0.2) is 0 Å². The van der Waals surface area contributed by atoms with Crippen LogP contribution in [0.15, 0.2) is 6.07 Å². The zero-order valence-electron chi connectivity index (χ0n) is 9.79. The molecule has 0 radical (unpaired) electrons. The summed E-state index contributed by atoms with van der Waals surface area (Å²) in [6, 6.07) is 1.39. The minimum Gasteiger partial charge on any atom is -0.495 e. The van der Waals surface area contributed by atoms with Gasteiger partial charge in [0, 0.05) is 0 Å². The molecule has 1 heterocycles. The Kier molecular flexibility index (Phi) is 4.37. The third-order valence-electron chi connectivity index (χ3n) is 2.27. The number of aromatic nitrogens is 1. The quantitative estimate of drug-likeness (QED) is 0.762. The van der Waals surface area contributed by atoms with Gasteiger partial charge < -0.3 is 9.47 Å². The highest BCUT2D eigenvalue weighted by molar-refractivity contribution is 5.73. The van der Waals surface area contributed by atoms with Gasteiger partial charge in [-0.25, -0.2) is 13.8 Å². The molecule has 0 fully saturated rings. The molecule has 1 rings (SSSR count). The third kappa shape index (κ3) is 3.12. The summed E-state index contributed by atoms with van der Waals surface area (Å²) in [4.78, 5) is 14.9. The number of ether oxygens (including phenoxy) is 2. The summed E-state index contributed by atoms with van der Waals surface area (Å²) in [5.41, 5.74) is 0.0689. The summed E-state index contributed by atoms with van der Waals surface area (Å²) in [7, 11) is 2.61. The average molecular weight is 245 g/mol. The molecule has 0 saturated carbocycles. The molecule has 0 aromatic carbocycles. The number of nitrogens with zero attached hydrogens (tertiary/aromatic N) is 1. The highest BCUT2D eigenvalue weighted by Crippen LogP contribution is 2.27. The molecule has 4 nitrogen and oxygen atoms in total. The van der Waals surface area contributed by atoms with Crippen molar-refractivity contribution in [3.63, 3.8) is 0 Å². The number of methoxy groups -OCH3 is 2. The van der Waals surface area contributed by atoms with Gasteiger partial charge in [-0.15, -0.1) is 0 Å². The molecule has 0 spiro atoms. The van der Waals surface area contributed by atoms with Crippen molar-refractivity contribution in [2.24, 2.45) is 0 Å². The standard InChI is InChI=1S/C11H13F2NO3/c1-6-8(16-2)4-7(5-9(15)17-3)10(14-6)11(12)13/h4,11H,5H2,1-3H3. The van der Waals surface area contributed by atoms with Gasteiger partial charge in [-0.2, -0.15) is 0 Å². The lowest BCUT2D eigenvalue weighted by Crippen LogP contribution is -2.10. The molecule has 17 heavy (non-hydrogen) atoms. The maximum absolute atomic E-state index is 12.7. The molecule has 0 aliphatic heterocycles. The zero-order valence-corrected chi connectivity index (χ0v) is 9.79. The van der Waals surface area contributed by atoms with Gasteiger partial charge >= 0.3 is 5.97 Å². The molecular formula is C11H13F2NO3. The van der Waals surface area contributed by atoms with E-state index >= 15 is 0 Å². The van der Waals surface area contributed by atoms with Crippen LogP contribution in [0.4, 0.5) is 8.78 Å². The second-order valence-electron chi connectivity index (χ2n) is 3.37. The molecule has 6 heteroatoms. The van der Waals surface area contributed by atoms with E-state index in [4.69, 9.17) is 4.74 Å². The molecule has 0 aliphatic carbocycles. The second kappa shape index (κ2) is 5.56. The van der Waals surface area contributed by atoms with Crippen LogP contribution < -0.4 is 4.74 Å². The Morgan fingerprint density at radius 1 is 1.47 bits per heavy atom. The molecule has 0 bridgehead atoms. The number of alkyl halides is 2. The number of hydrogen-bond donors (Lipinski definition) is 0. The molecule has 0 atom stereocenters.